The minimum absolute atomic E-state index is 0.0385. The highest BCUT2D eigenvalue weighted by atomic mass is 35.5. The van der Waals surface area contributed by atoms with Crippen LogP contribution < -0.4 is 10.6 Å². The van der Waals surface area contributed by atoms with E-state index < -0.39 is 17.5 Å². The Bertz CT molecular complexity index is 556. The first kappa shape index (κ1) is 19.5. The molecule has 23 heavy (non-hydrogen) atoms. The van der Waals surface area contributed by atoms with Crippen LogP contribution in [-0.2, 0) is 4.74 Å². The summed E-state index contributed by atoms with van der Waals surface area (Å²) in [7, 11) is 0. The summed E-state index contributed by atoms with van der Waals surface area (Å²) in [6, 6.07) is 4.71. The number of rotatable bonds is 6. The number of nitrogens with one attached hydrogen (secondary N) is 2. The van der Waals surface area contributed by atoms with Gasteiger partial charge in [-0.05, 0) is 45.4 Å². The predicted molar refractivity (Wildman–Crippen MR) is 91.2 cm³/mol. The number of ether oxygens (including phenoxy) is 1. The average molecular weight is 343 g/mol. The maximum Gasteiger partial charge on any atom is 0.407 e. The van der Waals surface area contributed by atoms with Crippen LogP contribution in [-0.4, -0.2) is 24.8 Å². The quantitative estimate of drug-likeness (QED) is 0.761. The summed E-state index contributed by atoms with van der Waals surface area (Å²) in [4.78, 5) is 11.4. The SMILES string of the molecule is CC(NC/C=C/CNC(=O)OC(C)(C)C)c1ccc(F)c(Cl)c1. The van der Waals surface area contributed by atoms with Gasteiger partial charge >= 0.3 is 6.09 Å². The van der Waals surface area contributed by atoms with Gasteiger partial charge in [0.15, 0.2) is 0 Å². The molecule has 1 atom stereocenters. The molecular formula is C17H24ClFN2O2. The van der Waals surface area contributed by atoms with Crippen molar-refractivity contribution in [3.8, 4) is 0 Å². The Kier molecular flexibility index (Phi) is 7.52. The van der Waals surface area contributed by atoms with E-state index in [1.807, 2.05) is 39.8 Å². The first-order valence-electron chi connectivity index (χ1n) is 7.49. The van der Waals surface area contributed by atoms with Gasteiger partial charge in [-0.15, -0.1) is 0 Å². The fourth-order valence-electron chi connectivity index (χ4n) is 1.77. The predicted octanol–water partition coefficient (Wildman–Crippen LogP) is 4.21. The second-order valence-electron chi connectivity index (χ2n) is 6.16. The highest BCUT2D eigenvalue weighted by Gasteiger charge is 2.14. The lowest BCUT2D eigenvalue weighted by Gasteiger charge is -2.19. The lowest BCUT2D eigenvalue weighted by Crippen LogP contribution is -2.32. The summed E-state index contributed by atoms with van der Waals surface area (Å²) in [5.41, 5.74) is 0.415. The number of hydrogen-bond acceptors (Lipinski definition) is 3. The van der Waals surface area contributed by atoms with Crippen molar-refractivity contribution in [1.29, 1.82) is 0 Å². The van der Waals surface area contributed by atoms with Crippen molar-refractivity contribution in [3.63, 3.8) is 0 Å². The van der Waals surface area contributed by atoms with E-state index in [2.05, 4.69) is 10.6 Å². The molecule has 6 heteroatoms. The van der Waals surface area contributed by atoms with Crippen molar-refractivity contribution in [2.75, 3.05) is 13.1 Å². The molecule has 1 unspecified atom stereocenters. The highest BCUT2D eigenvalue weighted by Crippen LogP contribution is 2.20. The number of halogens is 2. The first-order chi connectivity index (χ1) is 10.7. The molecule has 0 aliphatic carbocycles. The molecule has 1 amide bonds. The van der Waals surface area contributed by atoms with Crippen molar-refractivity contribution in [3.05, 3.63) is 46.8 Å². The standard InChI is InChI=1S/C17H24ClFN2O2/c1-12(13-7-8-15(19)14(18)11-13)20-9-5-6-10-21-16(22)23-17(2,3)4/h5-8,11-12,20H,9-10H2,1-4H3,(H,21,22)/b6-5+. The van der Waals surface area contributed by atoms with Crippen molar-refractivity contribution in [1.82, 2.24) is 10.6 Å². The maximum absolute atomic E-state index is 13.1. The van der Waals surface area contributed by atoms with Crippen LogP contribution in [0.4, 0.5) is 9.18 Å². The third kappa shape index (κ3) is 8.00. The fraction of sp³-hybridized carbons (Fsp3) is 0.471. The van der Waals surface area contributed by atoms with E-state index in [0.29, 0.717) is 13.1 Å². The van der Waals surface area contributed by atoms with E-state index in [1.165, 1.54) is 6.07 Å². The molecule has 1 aromatic rings. The Morgan fingerprint density at radius 3 is 2.61 bits per heavy atom. The van der Waals surface area contributed by atoms with Gasteiger partial charge in [0, 0.05) is 19.1 Å². The van der Waals surface area contributed by atoms with Crippen molar-refractivity contribution < 1.29 is 13.9 Å². The summed E-state index contributed by atoms with van der Waals surface area (Å²) in [5.74, 6) is -0.421. The van der Waals surface area contributed by atoms with Crippen molar-refractivity contribution in [2.45, 2.75) is 39.3 Å². The fourth-order valence-corrected chi connectivity index (χ4v) is 1.96. The lowest BCUT2D eigenvalue weighted by molar-refractivity contribution is 0.0534. The highest BCUT2D eigenvalue weighted by molar-refractivity contribution is 6.30. The van der Waals surface area contributed by atoms with Crippen LogP contribution in [0.3, 0.4) is 0 Å². The third-order valence-electron chi connectivity index (χ3n) is 2.92. The topological polar surface area (TPSA) is 50.4 Å². The van der Waals surface area contributed by atoms with Gasteiger partial charge in [0.2, 0.25) is 0 Å². The number of carbonyl (C=O) groups excluding carboxylic acids is 1. The van der Waals surface area contributed by atoms with Crippen LogP contribution in [0.25, 0.3) is 0 Å². The first-order valence-corrected chi connectivity index (χ1v) is 7.87. The van der Waals surface area contributed by atoms with Gasteiger partial charge in [-0.2, -0.15) is 0 Å². The molecule has 1 rings (SSSR count). The molecule has 0 bridgehead atoms. The molecule has 2 N–H and O–H groups in total. The molecule has 1 aromatic carbocycles. The smallest absolute Gasteiger partial charge is 0.407 e. The van der Waals surface area contributed by atoms with Gasteiger partial charge < -0.3 is 15.4 Å². The van der Waals surface area contributed by atoms with Gasteiger partial charge in [-0.25, -0.2) is 9.18 Å². The summed E-state index contributed by atoms with van der Waals surface area (Å²) in [6.45, 7) is 8.43. The van der Waals surface area contributed by atoms with E-state index in [4.69, 9.17) is 16.3 Å². The van der Waals surface area contributed by atoms with E-state index in [0.717, 1.165) is 5.56 Å². The Hall–Kier alpha value is -1.59. The number of carbonyl (C=O) groups is 1. The van der Waals surface area contributed by atoms with E-state index >= 15 is 0 Å². The molecule has 0 heterocycles. The van der Waals surface area contributed by atoms with Gasteiger partial charge in [0.25, 0.3) is 0 Å². The number of benzene rings is 1. The molecular weight excluding hydrogens is 319 g/mol. The number of hydrogen-bond donors (Lipinski definition) is 2. The Balaban J connectivity index is 2.28. The van der Waals surface area contributed by atoms with Crippen LogP contribution in [0.15, 0.2) is 30.4 Å². The molecule has 0 aliphatic heterocycles. The molecule has 0 fully saturated rings. The van der Waals surface area contributed by atoms with E-state index in [9.17, 15) is 9.18 Å². The zero-order chi connectivity index (χ0) is 17.5. The largest absolute Gasteiger partial charge is 0.444 e. The second-order valence-corrected chi connectivity index (χ2v) is 6.56. The van der Waals surface area contributed by atoms with Gasteiger partial charge in [0.05, 0.1) is 5.02 Å². The van der Waals surface area contributed by atoms with E-state index in [-0.39, 0.29) is 11.1 Å². The molecule has 128 valence electrons. The summed E-state index contributed by atoms with van der Waals surface area (Å²) < 4.78 is 18.2. The molecule has 0 aliphatic rings. The van der Waals surface area contributed by atoms with Gasteiger partial charge in [0.1, 0.15) is 11.4 Å². The molecule has 0 radical (unpaired) electrons. The molecule has 4 nitrogen and oxygen atoms in total. The Labute approximate surface area is 142 Å². The van der Waals surface area contributed by atoms with Crippen LogP contribution in [0.1, 0.15) is 39.3 Å². The Morgan fingerprint density at radius 2 is 2.00 bits per heavy atom. The maximum atomic E-state index is 13.1. The minimum atomic E-state index is -0.499. The normalized spacial score (nSPS) is 13.1. The van der Waals surface area contributed by atoms with Gasteiger partial charge in [-0.1, -0.05) is 29.8 Å². The lowest BCUT2D eigenvalue weighted by atomic mass is 10.1. The number of alkyl carbamates (subject to hydrolysis) is 1. The molecule has 0 spiro atoms. The van der Waals surface area contributed by atoms with Crippen LogP contribution >= 0.6 is 11.6 Å². The molecule has 0 saturated heterocycles. The Morgan fingerprint density at radius 1 is 1.35 bits per heavy atom. The third-order valence-corrected chi connectivity index (χ3v) is 3.20. The van der Waals surface area contributed by atoms with Crippen LogP contribution in [0, 0.1) is 5.82 Å². The summed E-state index contributed by atoms with van der Waals surface area (Å²) >= 11 is 5.77. The van der Waals surface area contributed by atoms with E-state index in [1.54, 1.807) is 12.1 Å². The second kappa shape index (κ2) is 8.89. The van der Waals surface area contributed by atoms with Crippen LogP contribution in [0.2, 0.25) is 5.02 Å². The zero-order valence-corrected chi connectivity index (χ0v) is 14.7. The van der Waals surface area contributed by atoms with Crippen LogP contribution in [0.5, 0.6) is 0 Å². The average Bonchev–Trinajstić information content (AvgIpc) is 2.43. The zero-order valence-electron chi connectivity index (χ0n) is 14.0. The summed E-state index contributed by atoms with van der Waals surface area (Å²) in [6.07, 6.45) is 3.30. The summed E-state index contributed by atoms with van der Waals surface area (Å²) in [5, 5.41) is 6.02. The number of amides is 1. The molecule has 0 aromatic heterocycles. The van der Waals surface area contributed by atoms with Crippen molar-refractivity contribution in [2.24, 2.45) is 0 Å². The minimum Gasteiger partial charge on any atom is -0.444 e. The molecule has 0 saturated carbocycles. The van der Waals surface area contributed by atoms with Gasteiger partial charge in [-0.3, -0.25) is 0 Å². The monoisotopic (exact) mass is 342 g/mol. The van der Waals surface area contributed by atoms with Crippen molar-refractivity contribution >= 4 is 17.7 Å².